The molecule has 1 amide bonds. The Balaban J connectivity index is 1.61. The molecule has 22 heavy (non-hydrogen) atoms. The molecule has 0 aliphatic heterocycles. The van der Waals surface area contributed by atoms with Crippen molar-refractivity contribution in [3.63, 3.8) is 0 Å². The Morgan fingerprint density at radius 3 is 2.73 bits per heavy atom. The molecule has 0 bridgehead atoms. The fourth-order valence-electron chi connectivity index (χ4n) is 2.00. The predicted octanol–water partition coefficient (Wildman–Crippen LogP) is 2.86. The van der Waals surface area contributed by atoms with Crippen molar-refractivity contribution in [3.05, 3.63) is 59.3 Å². The van der Waals surface area contributed by atoms with Crippen LogP contribution in [0.1, 0.15) is 28.8 Å². The van der Waals surface area contributed by atoms with Crippen LogP contribution in [0.2, 0.25) is 0 Å². The van der Waals surface area contributed by atoms with Crippen LogP contribution in [0.3, 0.4) is 0 Å². The minimum Gasteiger partial charge on any atom is -0.366 e. The van der Waals surface area contributed by atoms with E-state index >= 15 is 0 Å². The summed E-state index contributed by atoms with van der Waals surface area (Å²) in [6, 6.07) is 7.61. The number of carbonyl (C=O) groups excluding carboxylic acids is 1. The van der Waals surface area contributed by atoms with E-state index in [1.165, 1.54) is 18.3 Å². The fourth-order valence-corrected chi connectivity index (χ4v) is 2.00. The third kappa shape index (κ3) is 3.39. The van der Waals surface area contributed by atoms with Gasteiger partial charge in [-0.1, -0.05) is 12.1 Å². The second kappa shape index (κ2) is 6.09. The molecule has 1 aliphatic carbocycles. The molecule has 1 fully saturated rings. The normalized spacial score (nSPS) is 13.7. The molecule has 1 aliphatic rings. The monoisotopic (exact) mass is 303 g/mol. The molecular weight excluding hydrogens is 288 g/mol. The van der Waals surface area contributed by atoms with Gasteiger partial charge >= 0.3 is 0 Å². The number of aromatic nitrogens is 1. The number of hydrogen-bond donors (Lipinski definition) is 2. The fraction of sp³-hybridized carbons (Fsp3) is 0.250. The summed E-state index contributed by atoms with van der Waals surface area (Å²) in [6.07, 6.45) is 3.51. The number of pyridine rings is 1. The molecule has 1 heterocycles. The number of amides is 1. The van der Waals surface area contributed by atoms with Gasteiger partial charge in [-0.3, -0.25) is 4.79 Å². The summed E-state index contributed by atoms with van der Waals surface area (Å²) in [5.41, 5.74) is 0.701. The van der Waals surface area contributed by atoms with Crippen molar-refractivity contribution in [2.75, 3.05) is 5.32 Å². The van der Waals surface area contributed by atoms with E-state index in [0.717, 1.165) is 18.9 Å². The van der Waals surface area contributed by atoms with Crippen molar-refractivity contribution in [1.29, 1.82) is 0 Å². The molecular formula is C16H15F2N3O. The first-order valence-electron chi connectivity index (χ1n) is 7.07. The number of nitrogens with zero attached hydrogens (tertiary/aromatic N) is 1. The maximum Gasteiger partial charge on any atom is 0.253 e. The van der Waals surface area contributed by atoms with E-state index in [0.29, 0.717) is 17.4 Å². The van der Waals surface area contributed by atoms with E-state index in [1.807, 2.05) is 0 Å². The van der Waals surface area contributed by atoms with E-state index in [1.54, 1.807) is 12.1 Å². The second-order valence-corrected chi connectivity index (χ2v) is 5.25. The number of rotatable bonds is 5. The van der Waals surface area contributed by atoms with Gasteiger partial charge in [0, 0.05) is 24.3 Å². The standard InChI is InChI=1S/C16H15F2N3O/c17-13-3-1-2-10(15(13)18)8-19-14-7-4-11(9-20-14)16(22)21-12-5-6-12/h1-4,7,9,12H,5-6,8H2,(H,19,20)(H,21,22). The summed E-state index contributed by atoms with van der Waals surface area (Å²) in [4.78, 5) is 15.9. The minimum absolute atomic E-state index is 0.115. The smallest absolute Gasteiger partial charge is 0.253 e. The van der Waals surface area contributed by atoms with E-state index < -0.39 is 11.6 Å². The van der Waals surface area contributed by atoms with Crippen molar-refractivity contribution in [3.8, 4) is 0 Å². The molecule has 1 aromatic carbocycles. The van der Waals surface area contributed by atoms with Gasteiger partial charge in [0.2, 0.25) is 0 Å². The van der Waals surface area contributed by atoms with Crippen molar-refractivity contribution in [2.24, 2.45) is 0 Å². The first-order chi connectivity index (χ1) is 10.6. The lowest BCUT2D eigenvalue weighted by Gasteiger charge is -2.08. The third-order valence-electron chi connectivity index (χ3n) is 3.43. The van der Waals surface area contributed by atoms with Gasteiger partial charge in [0.05, 0.1) is 5.56 Å². The van der Waals surface area contributed by atoms with Gasteiger partial charge in [-0.05, 0) is 31.0 Å². The number of halogens is 2. The highest BCUT2D eigenvalue weighted by Gasteiger charge is 2.23. The lowest BCUT2D eigenvalue weighted by molar-refractivity contribution is 0.0950. The van der Waals surface area contributed by atoms with Crippen LogP contribution in [0, 0.1) is 11.6 Å². The molecule has 2 N–H and O–H groups in total. The topological polar surface area (TPSA) is 54.0 Å². The number of benzene rings is 1. The highest BCUT2D eigenvalue weighted by atomic mass is 19.2. The third-order valence-corrected chi connectivity index (χ3v) is 3.43. The molecule has 4 nitrogen and oxygen atoms in total. The molecule has 0 unspecified atom stereocenters. The average molecular weight is 303 g/mol. The van der Waals surface area contributed by atoms with Crippen molar-refractivity contribution >= 4 is 11.7 Å². The molecule has 1 saturated carbocycles. The predicted molar refractivity (Wildman–Crippen MR) is 78.4 cm³/mol. The average Bonchev–Trinajstić information content (AvgIpc) is 3.33. The largest absolute Gasteiger partial charge is 0.366 e. The van der Waals surface area contributed by atoms with Crippen LogP contribution >= 0.6 is 0 Å². The van der Waals surface area contributed by atoms with Gasteiger partial charge < -0.3 is 10.6 Å². The Labute approximate surface area is 126 Å². The van der Waals surface area contributed by atoms with Crippen LogP contribution in [-0.4, -0.2) is 16.9 Å². The number of carbonyl (C=O) groups is 1. The first kappa shape index (κ1) is 14.4. The molecule has 1 aromatic heterocycles. The Bertz CT molecular complexity index is 684. The molecule has 2 aromatic rings. The number of hydrogen-bond acceptors (Lipinski definition) is 3. The van der Waals surface area contributed by atoms with Crippen LogP contribution in [0.15, 0.2) is 36.5 Å². The molecule has 0 spiro atoms. The first-order valence-corrected chi connectivity index (χ1v) is 7.07. The zero-order valence-electron chi connectivity index (χ0n) is 11.8. The van der Waals surface area contributed by atoms with E-state index in [2.05, 4.69) is 15.6 Å². The van der Waals surface area contributed by atoms with Gasteiger partial charge in [0.25, 0.3) is 5.91 Å². The van der Waals surface area contributed by atoms with Crippen LogP contribution in [0.5, 0.6) is 0 Å². The van der Waals surface area contributed by atoms with Crippen LogP contribution in [0.25, 0.3) is 0 Å². The van der Waals surface area contributed by atoms with Crippen molar-refractivity contribution in [2.45, 2.75) is 25.4 Å². The summed E-state index contributed by atoms with van der Waals surface area (Å²) >= 11 is 0. The maximum atomic E-state index is 13.5. The maximum absolute atomic E-state index is 13.5. The molecule has 0 radical (unpaired) electrons. The van der Waals surface area contributed by atoms with Gasteiger partial charge in [-0.25, -0.2) is 13.8 Å². The highest BCUT2D eigenvalue weighted by molar-refractivity contribution is 5.94. The Morgan fingerprint density at radius 2 is 2.05 bits per heavy atom. The minimum atomic E-state index is -0.876. The van der Waals surface area contributed by atoms with E-state index in [9.17, 15) is 13.6 Å². The van der Waals surface area contributed by atoms with Crippen molar-refractivity contribution in [1.82, 2.24) is 10.3 Å². The van der Waals surface area contributed by atoms with Gasteiger partial charge in [-0.15, -0.1) is 0 Å². The summed E-state index contributed by atoms with van der Waals surface area (Å²) in [5.74, 6) is -1.39. The number of anilines is 1. The summed E-state index contributed by atoms with van der Waals surface area (Å²) < 4.78 is 26.6. The van der Waals surface area contributed by atoms with Gasteiger partial charge in [0.15, 0.2) is 11.6 Å². The lowest BCUT2D eigenvalue weighted by atomic mass is 10.2. The quantitative estimate of drug-likeness (QED) is 0.893. The van der Waals surface area contributed by atoms with Crippen molar-refractivity contribution < 1.29 is 13.6 Å². The lowest BCUT2D eigenvalue weighted by Crippen LogP contribution is -2.25. The van der Waals surface area contributed by atoms with Crippen LogP contribution in [-0.2, 0) is 6.54 Å². The van der Waals surface area contributed by atoms with Gasteiger partial charge in [0.1, 0.15) is 5.82 Å². The molecule has 3 rings (SSSR count). The zero-order chi connectivity index (χ0) is 15.5. The highest BCUT2D eigenvalue weighted by Crippen LogP contribution is 2.19. The van der Waals surface area contributed by atoms with E-state index in [-0.39, 0.29) is 18.0 Å². The van der Waals surface area contributed by atoms with Crippen LogP contribution in [0.4, 0.5) is 14.6 Å². The molecule has 114 valence electrons. The summed E-state index contributed by atoms with van der Waals surface area (Å²) in [6.45, 7) is 0.115. The summed E-state index contributed by atoms with van der Waals surface area (Å²) in [5, 5.41) is 5.77. The Morgan fingerprint density at radius 1 is 1.23 bits per heavy atom. The Hall–Kier alpha value is -2.50. The SMILES string of the molecule is O=C(NC1CC1)c1ccc(NCc2cccc(F)c2F)nc1. The van der Waals surface area contributed by atoms with Crippen LogP contribution < -0.4 is 10.6 Å². The number of nitrogens with one attached hydrogen (secondary N) is 2. The zero-order valence-corrected chi connectivity index (χ0v) is 11.8. The second-order valence-electron chi connectivity index (χ2n) is 5.25. The van der Waals surface area contributed by atoms with Gasteiger partial charge in [-0.2, -0.15) is 0 Å². The molecule has 0 atom stereocenters. The molecule has 6 heteroatoms. The summed E-state index contributed by atoms with van der Waals surface area (Å²) in [7, 11) is 0. The van der Waals surface area contributed by atoms with E-state index in [4.69, 9.17) is 0 Å². The Kier molecular flexibility index (Phi) is 4.00. The molecule has 0 saturated heterocycles.